The van der Waals surface area contributed by atoms with Crippen LogP contribution in [-0.4, -0.2) is 47.0 Å². The zero-order valence-electron chi connectivity index (χ0n) is 21.2. The lowest BCUT2D eigenvalue weighted by Gasteiger charge is -2.42. The van der Waals surface area contributed by atoms with E-state index in [4.69, 9.17) is 4.74 Å². The number of alkyl carbamates (subject to hydrolysis) is 1. The Morgan fingerprint density at radius 2 is 1.56 bits per heavy atom. The molecule has 7 nitrogen and oxygen atoms in total. The van der Waals surface area contributed by atoms with Crippen molar-refractivity contribution in [1.82, 2.24) is 15.5 Å². The molecule has 0 aliphatic carbocycles. The van der Waals surface area contributed by atoms with Crippen molar-refractivity contribution < 1.29 is 19.1 Å². The highest BCUT2D eigenvalue weighted by molar-refractivity contribution is 5.91. The summed E-state index contributed by atoms with van der Waals surface area (Å²) in [5.74, 6) is -0.585. The van der Waals surface area contributed by atoms with Crippen LogP contribution in [0.4, 0.5) is 4.79 Å². The Balaban J connectivity index is 3.34. The lowest BCUT2D eigenvalue weighted by atomic mass is 9.90. The second-order valence-corrected chi connectivity index (χ2v) is 10.1. The molecule has 0 bridgehead atoms. The van der Waals surface area contributed by atoms with Crippen LogP contribution in [0.2, 0.25) is 0 Å². The van der Waals surface area contributed by atoms with Crippen LogP contribution in [-0.2, 0) is 14.3 Å². The number of rotatable bonds is 8. The third-order valence-corrected chi connectivity index (χ3v) is 4.93. The topological polar surface area (TPSA) is 87.7 Å². The van der Waals surface area contributed by atoms with Gasteiger partial charge in [0.25, 0.3) is 0 Å². The van der Waals surface area contributed by atoms with Crippen molar-refractivity contribution in [2.24, 2.45) is 0 Å². The van der Waals surface area contributed by atoms with E-state index in [2.05, 4.69) is 17.6 Å². The summed E-state index contributed by atoms with van der Waals surface area (Å²) >= 11 is 0. The van der Waals surface area contributed by atoms with Gasteiger partial charge in [-0.1, -0.05) is 31.5 Å². The smallest absolute Gasteiger partial charge is 0.408 e. The number of benzene rings is 1. The van der Waals surface area contributed by atoms with Gasteiger partial charge in [0.05, 0.1) is 0 Å². The number of nitrogens with zero attached hydrogens (tertiary/aromatic N) is 1. The fourth-order valence-electron chi connectivity index (χ4n) is 3.57. The van der Waals surface area contributed by atoms with Crippen LogP contribution < -0.4 is 10.6 Å². The highest BCUT2D eigenvalue weighted by Crippen LogP contribution is 2.33. The minimum Gasteiger partial charge on any atom is -0.444 e. The Kier molecular flexibility index (Phi) is 9.73. The maximum atomic E-state index is 13.4. The van der Waals surface area contributed by atoms with Crippen LogP contribution in [0, 0.1) is 13.8 Å². The molecule has 0 saturated carbocycles. The quantitative estimate of drug-likeness (QED) is 0.578. The highest BCUT2D eigenvalue weighted by atomic mass is 16.6. The van der Waals surface area contributed by atoms with Gasteiger partial charge in [0.15, 0.2) is 0 Å². The fourth-order valence-corrected chi connectivity index (χ4v) is 3.57. The average Bonchev–Trinajstić information content (AvgIpc) is 2.63. The predicted molar refractivity (Wildman–Crippen MR) is 127 cm³/mol. The van der Waals surface area contributed by atoms with Gasteiger partial charge in [-0.05, 0) is 78.5 Å². The third kappa shape index (κ3) is 8.17. The lowest BCUT2D eigenvalue weighted by Crippen LogP contribution is -2.55. The van der Waals surface area contributed by atoms with Crippen LogP contribution in [0.3, 0.4) is 0 Å². The minimum absolute atomic E-state index is 0.226. The first-order valence-corrected chi connectivity index (χ1v) is 11.3. The maximum absolute atomic E-state index is 13.4. The monoisotopic (exact) mass is 447 g/mol. The van der Waals surface area contributed by atoms with Crippen molar-refractivity contribution in [3.05, 3.63) is 34.9 Å². The van der Waals surface area contributed by atoms with Crippen molar-refractivity contribution in [2.75, 3.05) is 13.1 Å². The van der Waals surface area contributed by atoms with E-state index in [9.17, 15) is 14.4 Å². The Bertz CT molecular complexity index is 786. The number of hydrogen-bond acceptors (Lipinski definition) is 4. The number of aryl methyl sites for hydroxylation is 2. The Hall–Kier alpha value is -2.57. The van der Waals surface area contributed by atoms with E-state index in [1.807, 2.05) is 52.8 Å². The second kappa shape index (κ2) is 11.3. The van der Waals surface area contributed by atoms with Gasteiger partial charge in [0.1, 0.15) is 18.2 Å². The molecule has 0 radical (unpaired) electrons. The number of carbonyl (C=O) groups excluding carboxylic acids is 3. The summed E-state index contributed by atoms with van der Waals surface area (Å²) in [5.41, 5.74) is 1.33. The number of nitrogens with one attached hydrogen (secondary N) is 2. The van der Waals surface area contributed by atoms with Crippen LogP contribution in [0.15, 0.2) is 18.2 Å². The van der Waals surface area contributed by atoms with E-state index < -0.39 is 23.3 Å². The van der Waals surface area contributed by atoms with Gasteiger partial charge in [-0.15, -0.1) is 0 Å². The van der Waals surface area contributed by atoms with Crippen LogP contribution in [0.1, 0.15) is 84.0 Å². The van der Waals surface area contributed by atoms with E-state index in [0.29, 0.717) is 6.54 Å². The predicted octanol–water partition coefficient (Wildman–Crippen LogP) is 4.41. The molecule has 7 heteroatoms. The molecule has 0 saturated heterocycles. The van der Waals surface area contributed by atoms with E-state index in [-0.39, 0.29) is 18.4 Å². The summed E-state index contributed by atoms with van der Waals surface area (Å²) in [5, 5.41) is 5.53. The standard InChI is InChI=1S/C25H41N3O4/c1-10-11-15-26-22(30)21(20-17(2)13-12-14-18(20)3)28(24(4,5)6)19(29)16-27-23(31)32-25(7,8)9/h12-14,21H,10-11,15-16H2,1-9H3,(H,26,30)(H,27,31). The van der Waals surface area contributed by atoms with Gasteiger partial charge in [0, 0.05) is 12.1 Å². The Morgan fingerprint density at radius 1 is 1.00 bits per heavy atom. The van der Waals surface area contributed by atoms with Crippen LogP contribution in [0.5, 0.6) is 0 Å². The SMILES string of the molecule is CCCCNC(=O)C(c1c(C)cccc1C)N(C(=O)CNC(=O)OC(C)(C)C)C(C)(C)C. The van der Waals surface area contributed by atoms with Gasteiger partial charge in [-0.3, -0.25) is 9.59 Å². The van der Waals surface area contributed by atoms with Crippen molar-refractivity contribution in [3.8, 4) is 0 Å². The van der Waals surface area contributed by atoms with E-state index in [1.54, 1.807) is 25.7 Å². The Labute approximate surface area is 193 Å². The molecule has 0 aromatic heterocycles. The average molecular weight is 448 g/mol. The van der Waals surface area contributed by atoms with Crippen molar-refractivity contribution in [1.29, 1.82) is 0 Å². The number of ether oxygens (including phenoxy) is 1. The second-order valence-electron chi connectivity index (χ2n) is 10.1. The van der Waals surface area contributed by atoms with Crippen molar-refractivity contribution in [3.63, 3.8) is 0 Å². The first kappa shape index (κ1) is 27.5. The highest BCUT2D eigenvalue weighted by Gasteiger charge is 2.39. The molecule has 3 amide bonds. The third-order valence-electron chi connectivity index (χ3n) is 4.93. The van der Waals surface area contributed by atoms with Crippen molar-refractivity contribution >= 4 is 17.9 Å². The summed E-state index contributed by atoms with van der Waals surface area (Å²) in [6.07, 6.45) is 1.14. The maximum Gasteiger partial charge on any atom is 0.408 e. The van der Waals surface area contributed by atoms with E-state index in [0.717, 1.165) is 29.5 Å². The molecule has 32 heavy (non-hydrogen) atoms. The molecule has 0 spiro atoms. The van der Waals surface area contributed by atoms with Crippen LogP contribution >= 0.6 is 0 Å². The van der Waals surface area contributed by atoms with Crippen LogP contribution in [0.25, 0.3) is 0 Å². The van der Waals surface area contributed by atoms with Gasteiger partial charge < -0.3 is 20.3 Å². The number of hydrogen-bond donors (Lipinski definition) is 2. The zero-order chi connectivity index (χ0) is 24.7. The minimum atomic E-state index is -0.819. The molecule has 0 fully saturated rings. The summed E-state index contributed by atoms with van der Waals surface area (Å²) in [4.78, 5) is 40.5. The molecule has 0 heterocycles. The molecular weight excluding hydrogens is 406 g/mol. The van der Waals surface area contributed by atoms with E-state index >= 15 is 0 Å². The summed E-state index contributed by atoms with van der Waals surface area (Å²) in [6.45, 7) is 17.2. The molecule has 180 valence electrons. The molecule has 1 aromatic rings. The molecule has 0 aliphatic heterocycles. The molecule has 1 rings (SSSR count). The molecule has 0 aliphatic rings. The van der Waals surface area contributed by atoms with E-state index in [1.165, 1.54) is 0 Å². The van der Waals surface area contributed by atoms with Crippen molar-refractivity contribution in [2.45, 2.75) is 92.3 Å². The normalized spacial score (nSPS) is 12.7. The Morgan fingerprint density at radius 3 is 2.03 bits per heavy atom. The molecular formula is C25H41N3O4. The molecule has 1 unspecified atom stereocenters. The lowest BCUT2D eigenvalue weighted by molar-refractivity contribution is -0.146. The van der Waals surface area contributed by atoms with Gasteiger partial charge in [-0.2, -0.15) is 0 Å². The fraction of sp³-hybridized carbons (Fsp3) is 0.640. The number of carbonyl (C=O) groups is 3. The van der Waals surface area contributed by atoms with Gasteiger partial charge in [-0.25, -0.2) is 4.79 Å². The number of amides is 3. The summed E-state index contributed by atoms with van der Waals surface area (Å²) in [6, 6.07) is 5.01. The van der Waals surface area contributed by atoms with Gasteiger partial charge >= 0.3 is 6.09 Å². The molecule has 1 aromatic carbocycles. The molecule has 2 N–H and O–H groups in total. The summed E-state index contributed by atoms with van der Waals surface area (Å²) < 4.78 is 5.25. The zero-order valence-corrected chi connectivity index (χ0v) is 21.2. The first-order valence-electron chi connectivity index (χ1n) is 11.3. The molecule has 1 atom stereocenters. The first-order chi connectivity index (χ1) is 14.7. The van der Waals surface area contributed by atoms with Gasteiger partial charge in [0.2, 0.25) is 11.8 Å². The summed E-state index contributed by atoms with van der Waals surface area (Å²) in [7, 11) is 0. The largest absolute Gasteiger partial charge is 0.444 e. The number of unbranched alkanes of at least 4 members (excludes halogenated alkanes) is 1.